The third-order valence-corrected chi connectivity index (χ3v) is 8.86. The van der Waals surface area contributed by atoms with Crippen molar-refractivity contribution in [3.05, 3.63) is 24.3 Å². The van der Waals surface area contributed by atoms with Gasteiger partial charge in [0.1, 0.15) is 0 Å². The van der Waals surface area contributed by atoms with E-state index >= 15 is 0 Å². The summed E-state index contributed by atoms with van der Waals surface area (Å²) in [6, 6.07) is 5.80. The zero-order valence-electron chi connectivity index (χ0n) is 18.5. The van der Waals surface area contributed by atoms with Crippen LogP contribution in [0.5, 0.6) is 0 Å². The van der Waals surface area contributed by atoms with Crippen LogP contribution in [0, 0.1) is 0 Å². The van der Waals surface area contributed by atoms with E-state index in [0.29, 0.717) is 12.8 Å². The van der Waals surface area contributed by atoms with Gasteiger partial charge in [-0.2, -0.15) is 0 Å². The molecular formula is C23H40O4S2. The summed E-state index contributed by atoms with van der Waals surface area (Å²) in [5.41, 5.74) is 0. The van der Waals surface area contributed by atoms with Crippen LogP contribution in [0.25, 0.3) is 0 Å². The number of benzene rings is 1. The predicted octanol–water partition coefficient (Wildman–Crippen LogP) is 6.34. The average molecular weight is 445 g/mol. The monoisotopic (exact) mass is 444 g/mol. The highest BCUT2D eigenvalue weighted by atomic mass is 32.2. The predicted molar refractivity (Wildman–Crippen MR) is 122 cm³/mol. The van der Waals surface area contributed by atoms with Gasteiger partial charge in [0.25, 0.3) is 0 Å². The van der Waals surface area contributed by atoms with Gasteiger partial charge in [-0.25, -0.2) is 16.8 Å². The van der Waals surface area contributed by atoms with Crippen molar-refractivity contribution in [2.24, 2.45) is 0 Å². The lowest BCUT2D eigenvalue weighted by molar-refractivity contribution is 0.522. The molecule has 0 saturated heterocycles. The van der Waals surface area contributed by atoms with Gasteiger partial charge >= 0.3 is 0 Å². The summed E-state index contributed by atoms with van der Waals surface area (Å²) in [4.78, 5) is 0.193. The first-order chi connectivity index (χ1) is 13.7. The fourth-order valence-electron chi connectivity index (χ4n) is 3.71. The Bertz CT molecular complexity index is 783. The quantitative estimate of drug-likeness (QED) is 0.279. The molecule has 4 nitrogen and oxygen atoms in total. The average Bonchev–Trinajstić information content (AvgIpc) is 2.68. The third-order valence-electron chi connectivity index (χ3n) is 5.49. The van der Waals surface area contributed by atoms with Gasteiger partial charge in [-0.15, -0.1) is 0 Å². The number of hydrogen-bond acceptors (Lipinski definition) is 4. The molecule has 0 aliphatic carbocycles. The van der Waals surface area contributed by atoms with Gasteiger partial charge in [0.2, 0.25) is 0 Å². The maximum Gasteiger partial charge on any atom is 0.181 e. The van der Waals surface area contributed by atoms with Gasteiger partial charge in [0.15, 0.2) is 19.7 Å². The van der Waals surface area contributed by atoms with E-state index in [2.05, 4.69) is 6.92 Å². The van der Waals surface area contributed by atoms with Crippen molar-refractivity contribution >= 4 is 19.7 Å². The number of hydrogen-bond donors (Lipinski definition) is 0. The van der Waals surface area contributed by atoms with Crippen LogP contribution >= 0.6 is 0 Å². The molecule has 0 radical (unpaired) electrons. The van der Waals surface area contributed by atoms with Crippen LogP contribution < -0.4 is 0 Å². The van der Waals surface area contributed by atoms with Crippen LogP contribution in [0.1, 0.15) is 97.3 Å². The van der Waals surface area contributed by atoms with Gasteiger partial charge in [0.05, 0.1) is 15.0 Å². The van der Waals surface area contributed by atoms with Crippen LogP contribution in [0.4, 0.5) is 0 Å². The molecule has 0 aliphatic heterocycles. The van der Waals surface area contributed by atoms with Crippen LogP contribution in [0.2, 0.25) is 0 Å². The molecule has 0 aliphatic rings. The van der Waals surface area contributed by atoms with E-state index in [9.17, 15) is 16.8 Å². The van der Waals surface area contributed by atoms with Crippen LogP contribution in [0.3, 0.4) is 0 Å². The smallest absolute Gasteiger partial charge is 0.181 e. The molecule has 1 rings (SSSR count). The number of unbranched alkanes of at least 4 members (excludes halogenated alkanes) is 9. The summed E-state index contributed by atoms with van der Waals surface area (Å²) in [6.45, 7) is 4.22. The lowest BCUT2D eigenvalue weighted by atomic mass is 10.0. The highest BCUT2D eigenvalue weighted by Crippen LogP contribution is 2.26. The number of sulfone groups is 2. The van der Waals surface area contributed by atoms with E-state index < -0.39 is 24.9 Å². The molecule has 1 unspecified atom stereocenters. The Hall–Kier alpha value is -0.880. The lowest BCUT2D eigenvalue weighted by Gasteiger charge is -2.17. The Labute approximate surface area is 179 Å². The zero-order chi connectivity index (χ0) is 21.8. The molecule has 29 heavy (non-hydrogen) atoms. The molecule has 0 bridgehead atoms. The van der Waals surface area contributed by atoms with Crippen LogP contribution in [-0.2, 0) is 19.7 Å². The second-order valence-electron chi connectivity index (χ2n) is 8.17. The molecule has 1 atom stereocenters. The second-order valence-corrected chi connectivity index (χ2v) is 12.4. The van der Waals surface area contributed by atoms with Crippen molar-refractivity contribution in [2.75, 3.05) is 6.26 Å². The molecule has 168 valence electrons. The van der Waals surface area contributed by atoms with E-state index in [1.54, 1.807) is 0 Å². The Morgan fingerprint density at radius 2 is 1.21 bits per heavy atom. The largest absolute Gasteiger partial charge is 0.224 e. The maximum atomic E-state index is 13.1. The Morgan fingerprint density at radius 3 is 1.72 bits per heavy atom. The van der Waals surface area contributed by atoms with Crippen LogP contribution in [-0.4, -0.2) is 28.3 Å². The topological polar surface area (TPSA) is 68.3 Å². The molecule has 0 fully saturated rings. The Kier molecular flexibility index (Phi) is 12.1. The molecular weight excluding hydrogens is 404 g/mol. The van der Waals surface area contributed by atoms with Crippen LogP contribution in [0.15, 0.2) is 34.1 Å². The van der Waals surface area contributed by atoms with E-state index in [1.807, 2.05) is 6.92 Å². The first-order valence-electron chi connectivity index (χ1n) is 11.3. The Balaban J connectivity index is 2.55. The first-order valence-corrected chi connectivity index (χ1v) is 14.7. The minimum Gasteiger partial charge on any atom is -0.224 e. The zero-order valence-corrected chi connectivity index (χ0v) is 20.2. The van der Waals surface area contributed by atoms with E-state index in [-0.39, 0.29) is 9.79 Å². The van der Waals surface area contributed by atoms with Gasteiger partial charge in [-0.1, -0.05) is 90.5 Å². The first kappa shape index (κ1) is 26.2. The highest BCUT2D eigenvalue weighted by Gasteiger charge is 2.27. The maximum absolute atomic E-state index is 13.1. The summed E-state index contributed by atoms with van der Waals surface area (Å²) < 4.78 is 49.8. The molecule has 1 aromatic carbocycles. The van der Waals surface area contributed by atoms with Crippen molar-refractivity contribution in [1.29, 1.82) is 0 Å². The van der Waals surface area contributed by atoms with Gasteiger partial charge in [-0.3, -0.25) is 0 Å². The normalized spacial score (nSPS) is 13.5. The molecule has 1 aromatic rings. The standard InChI is InChI=1S/C23H40O4S2/c1-4-6-7-8-9-10-11-12-13-14-17-21(16-5-2)29(26,27)23-19-15-18-22(20-23)28(3,24)25/h15,18-21H,4-14,16-17H2,1-3H3. The molecule has 6 heteroatoms. The van der Waals surface area contributed by atoms with Crippen molar-refractivity contribution in [1.82, 2.24) is 0 Å². The van der Waals surface area contributed by atoms with Crippen molar-refractivity contribution < 1.29 is 16.8 Å². The molecule has 0 heterocycles. The lowest BCUT2D eigenvalue weighted by Crippen LogP contribution is -2.22. The van der Waals surface area contributed by atoms with Crippen molar-refractivity contribution in [2.45, 2.75) is 112 Å². The summed E-state index contributed by atoms with van der Waals surface area (Å²) in [6.07, 6.45) is 15.4. The minimum atomic E-state index is -3.52. The molecule has 0 spiro atoms. The van der Waals surface area contributed by atoms with E-state index in [0.717, 1.165) is 31.9 Å². The van der Waals surface area contributed by atoms with E-state index in [1.165, 1.54) is 69.2 Å². The summed E-state index contributed by atoms with van der Waals surface area (Å²) in [5.74, 6) is 0. The summed E-state index contributed by atoms with van der Waals surface area (Å²) in [7, 11) is -6.95. The van der Waals surface area contributed by atoms with Gasteiger partial charge in [-0.05, 0) is 31.0 Å². The van der Waals surface area contributed by atoms with Crippen molar-refractivity contribution in [3.8, 4) is 0 Å². The minimum absolute atomic E-state index is 0.0627. The molecule has 0 saturated carbocycles. The van der Waals surface area contributed by atoms with Crippen molar-refractivity contribution in [3.63, 3.8) is 0 Å². The molecule has 0 amide bonds. The Morgan fingerprint density at radius 1 is 0.690 bits per heavy atom. The SMILES string of the molecule is CCCCCCCCCCCCC(CCC)S(=O)(=O)c1cccc(S(C)(=O)=O)c1. The fourth-order valence-corrected chi connectivity index (χ4v) is 6.42. The third kappa shape index (κ3) is 9.65. The highest BCUT2D eigenvalue weighted by molar-refractivity contribution is 7.92. The van der Waals surface area contributed by atoms with Gasteiger partial charge in [0, 0.05) is 6.26 Å². The molecule has 0 N–H and O–H groups in total. The fraction of sp³-hybridized carbons (Fsp3) is 0.739. The second kappa shape index (κ2) is 13.4. The molecule has 0 aromatic heterocycles. The summed E-state index contributed by atoms with van der Waals surface area (Å²) in [5, 5.41) is -0.434. The van der Waals surface area contributed by atoms with Gasteiger partial charge < -0.3 is 0 Å². The number of rotatable bonds is 16. The summed E-state index contributed by atoms with van der Waals surface area (Å²) >= 11 is 0. The van der Waals surface area contributed by atoms with E-state index in [4.69, 9.17) is 0 Å².